The number of carbonyl (C=O) groups is 1. The average molecular weight is 267 g/mol. The number of ether oxygens (including phenoxy) is 1. The third-order valence-electron chi connectivity index (χ3n) is 4.59. The van der Waals surface area contributed by atoms with Crippen molar-refractivity contribution in [2.45, 2.75) is 25.3 Å². The SMILES string of the molecule is O=C(C1CCCN1CC1CCOC1)N1CCNCC1. The molecule has 0 radical (unpaired) electrons. The summed E-state index contributed by atoms with van der Waals surface area (Å²) < 4.78 is 5.45. The lowest BCUT2D eigenvalue weighted by molar-refractivity contribution is -0.136. The van der Waals surface area contributed by atoms with Crippen LogP contribution in [0.3, 0.4) is 0 Å². The van der Waals surface area contributed by atoms with Gasteiger partial charge in [0.25, 0.3) is 0 Å². The molecule has 3 saturated heterocycles. The van der Waals surface area contributed by atoms with Crippen LogP contribution in [0.2, 0.25) is 0 Å². The van der Waals surface area contributed by atoms with E-state index in [2.05, 4.69) is 10.2 Å². The molecule has 1 N–H and O–H groups in total. The van der Waals surface area contributed by atoms with E-state index in [0.717, 1.165) is 71.7 Å². The van der Waals surface area contributed by atoms with Gasteiger partial charge in [0, 0.05) is 39.3 Å². The van der Waals surface area contributed by atoms with E-state index in [1.807, 2.05) is 4.90 Å². The molecule has 0 aromatic carbocycles. The molecular weight excluding hydrogens is 242 g/mol. The Hall–Kier alpha value is -0.650. The summed E-state index contributed by atoms with van der Waals surface area (Å²) in [5, 5.41) is 3.31. The van der Waals surface area contributed by atoms with Crippen molar-refractivity contribution in [3.05, 3.63) is 0 Å². The number of likely N-dealkylation sites (tertiary alicyclic amines) is 1. The van der Waals surface area contributed by atoms with E-state index in [1.54, 1.807) is 0 Å². The van der Waals surface area contributed by atoms with E-state index in [-0.39, 0.29) is 6.04 Å². The van der Waals surface area contributed by atoms with Crippen LogP contribution in [0.25, 0.3) is 0 Å². The summed E-state index contributed by atoms with van der Waals surface area (Å²) in [5.41, 5.74) is 0. The number of hydrogen-bond acceptors (Lipinski definition) is 4. The zero-order valence-electron chi connectivity index (χ0n) is 11.6. The minimum absolute atomic E-state index is 0.138. The molecule has 5 nitrogen and oxygen atoms in total. The Kier molecular flexibility index (Phi) is 4.35. The zero-order valence-corrected chi connectivity index (χ0v) is 11.6. The summed E-state index contributed by atoms with van der Waals surface area (Å²) in [6, 6.07) is 0.138. The van der Waals surface area contributed by atoms with Gasteiger partial charge in [0.15, 0.2) is 0 Å². The Morgan fingerprint density at radius 1 is 1.21 bits per heavy atom. The summed E-state index contributed by atoms with van der Waals surface area (Å²) in [6.45, 7) is 7.52. The molecule has 0 aromatic rings. The minimum Gasteiger partial charge on any atom is -0.381 e. The standard InChI is InChI=1S/C14H25N3O2/c18-14(16-7-4-15-5-8-16)13-2-1-6-17(13)10-12-3-9-19-11-12/h12-13,15H,1-11H2. The molecule has 0 saturated carbocycles. The van der Waals surface area contributed by atoms with Crippen LogP contribution in [-0.2, 0) is 9.53 Å². The van der Waals surface area contributed by atoms with E-state index in [9.17, 15) is 4.79 Å². The fraction of sp³-hybridized carbons (Fsp3) is 0.929. The Morgan fingerprint density at radius 2 is 2.05 bits per heavy atom. The van der Waals surface area contributed by atoms with Gasteiger partial charge >= 0.3 is 0 Å². The number of amides is 1. The van der Waals surface area contributed by atoms with Gasteiger partial charge in [-0.05, 0) is 31.7 Å². The molecule has 3 heterocycles. The lowest BCUT2D eigenvalue weighted by Gasteiger charge is -2.33. The number of hydrogen-bond donors (Lipinski definition) is 1. The van der Waals surface area contributed by atoms with Crippen LogP contribution in [0.1, 0.15) is 19.3 Å². The van der Waals surface area contributed by atoms with Crippen LogP contribution in [0.4, 0.5) is 0 Å². The molecule has 0 aliphatic carbocycles. The van der Waals surface area contributed by atoms with E-state index in [0.29, 0.717) is 11.8 Å². The molecule has 19 heavy (non-hydrogen) atoms. The van der Waals surface area contributed by atoms with E-state index in [1.165, 1.54) is 0 Å². The molecule has 0 bridgehead atoms. The molecule has 5 heteroatoms. The number of nitrogens with one attached hydrogen (secondary N) is 1. The van der Waals surface area contributed by atoms with Crippen molar-refractivity contribution in [1.82, 2.24) is 15.1 Å². The first-order chi connectivity index (χ1) is 9.34. The van der Waals surface area contributed by atoms with Gasteiger partial charge in [0.05, 0.1) is 12.6 Å². The molecule has 2 atom stereocenters. The second-order valence-corrected chi connectivity index (χ2v) is 5.96. The first-order valence-electron chi connectivity index (χ1n) is 7.66. The molecule has 108 valence electrons. The highest BCUT2D eigenvalue weighted by Gasteiger charge is 2.35. The fourth-order valence-electron chi connectivity index (χ4n) is 3.48. The van der Waals surface area contributed by atoms with E-state index >= 15 is 0 Å². The van der Waals surface area contributed by atoms with E-state index < -0.39 is 0 Å². The van der Waals surface area contributed by atoms with Crippen molar-refractivity contribution in [2.75, 3.05) is 52.5 Å². The maximum absolute atomic E-state index is 12.6. The maximum atomic E-state index is 12.6. The van der Waals surface area contributed by atoms with Gasteiger partial charge in [-0.15, -0.1) is 0 Å². The topological polar surface area (TPSA) is 44.8 Å². The van der Waals surface area contributed by atoms with Gasteiger partial charge in [-0.3, -0.25) is 9.69 Å². The second kappa shape index (κ2) is 6.20. The first kappa shape index (κ1) is 13.3. The molecule has 3 aliphatic rings. The van der Waals surface area contributed by atoms with Crippen LogP contribution < -0.4 is 5.32 Å². The quantitative estimate of drug-likeness (QED) is 0.777. The van der Waals surface area contributed by atoms with Gasteiger partial charge in [-0.1, -0.05) is 0 Å². The van der Waals surface area contributed by atoms with Crippen LogP contribution in [0, 0.1) is 5.92 Å². The highest BCUT2D eigenvalue weighted by atomic mass is 16.5. The minimum atomic E-state index is 0.138. The predicted molar refractivity (Wildman–Crippen MR) is 73.0 cm³/mol. The molecular formula is C14H25N3O2. The monoisotopic (exact) mass is 267 g/mol. The Bertz CT molecular complexity index is 312. The first-order valence-corrected chi connectivity index (χ1v) is 7.66. The second-order valence-electron chi connectivity index (χ2n) is 5.96. The van der Waals surface area contributed by atoms with Gasteiger partial charge in [-0.2, -0.15) is 0 Å². The molecule has 1 amide bonds. The molecule has 3 aliphatic heterocycles. The highest BCUT2D eigenvalue weighted by Crippen LogP contribution is 2.23. The van der Waals surface area contributed by atoms with E-state index in [4.69, 9.17) is 4.74 Å². The fourth-order valence-corrected chi connectivity index (χ4v) is 3.48. The number of piperazine rings is 1. The third-order valence-corrected chi connectivity index (χ3v) is 4.59. The van der Waals surface area contributed by atoms with Crippen molar-refractivity contribution < 1.29 is 9.53 Å². The molecule has 3 rings (SSSR count). The Balaban J connectivity index is 1.56. The maximum Gasteiger partial charge on any atom is 0.240 e. The molecule has 0 spiro atoms. The highest BCUT2D eigenvalue weighted by molar-refractivity contribution is 5.82. The summed E-state index contributed by atoms with van der Waals surface area (Å²) in [6.07, 6.45) is 3.36. The number of nitrogens with zero attached hydrogens (tertiary/aromatic N) is 2. The summed E-state index contributed by atoms with van der Waals surface area (Å²) >= 11 is 0. The van der Waals surface area contributed by atoms with Crippen molar-refractivity contribution in [2.24, 2.45) is 5.92 Å². The largest absolute Gasteiger partial charge is 0.381 e. The van der Waals surface area contributed by atoms with Gasteiger partial charge < -0.3 is 15.0 Å². The third kappa shape index (κ3) is 3.09. The van der Waals surface area contributed by atoms with Gasteiger partial charge in [0.1, 0.15) is 0 Å². The van der Waals surface area contributed by atoms with Crippen LogP contribution in [0.15, 0.2) is 0 Å². The van der Waals surface area contributed by atoms with Crippen LogP contribution >= 0.6 is 0 Å². The van der Waals surface area contributed by atoms with Crippen molar-refractivity contribution in [3.8, 4) is 0 Å². The molecule has 2 unspecified atom stereocenters. The number of rotatable bonds is 3. The van der Waals surface area contributed by atoms with Gasteiger partial charge in [-0.25, -0.2) is 0 Å². The molecule has 3 fully saturated rings. The predicted octanol–water partition coefficient (Wildman–Crippen LogP) is -0.0809. The van der Waals surface area contributed by atoms with Crippen molar-refractivity contribution >= 4 is 5.91 Å². The summed E-state index contributed by atoms with van der Waals surface area (Å²) in [7, 11) is 0. The molecule has 0 aromatic heterocycles. The normalized spacial score (nSPS) is 32.9. The summed E-state index contributed by atoms with van der Waals surface area (Å²) in [4.78, 5) is 17.1. The number of carbonyl (C=O) groups excluding carboxylic acids is 1. The lowest BCUT2D eigenvalue weighted by atomic mass is 10.1. The van der Waals surface area contributed by atoms with Crippen LogP contribution in [-0.4, -0.2) is 74.2 Å². The lowest BCUT2D eigenvalue weighted by Crippen LogP contribution is -2.53. The van der Waals surface area contributed by atoms with Crippen molar-refractivity contribution in [1.29, 1.82) is 0 Å². The van der Waals surface area contributed by atoms with Gasteiger partial charge in [0.2, 0.25) is 5.91 Å². The smallest absolute Gasteiger partial charge is 0.240 e. The Labute approximate surface area is 115 Å². The zero-order chi connectivity index (χ0) is 13.1. The van der Waals surface area contributed by atoms with Crippen molar-refractivity contribution in [3.63, 3.8) is 0 Å². The average Bonchev–Trinajstić information content (AvgIpc) is 3.11. The van der Waals surface area contributed by atoms with Crippen LogP contribution in [0.5, 0.6) is 0 Å². The summed E-state index contributed by atoms with van der Waals surface area (Å²) in [5.74, 6) is 0.995. The Morgan fingerprint density at radius 3 is 2.79 bits per heavy atom.